The largest absolute Gasteiger partial charge is 0.489 e. The molecule has 0 aliphatic heterocycles. The molecule has 1 aliphatic rings. The number of nitrogens with one attached hydrogen (secondary N) is 2. The predicted molar refractivity (Wildman–Crippen MR) is 113 cm³/mol. The second kappa shape index (κ2) is 9.61. The van der Waals surface area contributed by atoms with Gasteiger partial charge in [-0.3, -0.25) is 4.79 Å². The molecule has 1 aliphatic carbocycles. The maximum atomic E-state index is 11.9. The number of ether oxygens (including phenoxy) is 1. The molecule has 1 heterocycles. The SMILES string of the molecule is CCCCNC(CC)C1CCC(Oc2cc3cc[nH]c(=O)c3cc2Cl)CC1. The molecular formula is C22H31ClN2O2. The molecule has 2 aromatic rings. The van der Waals surface area contributed by atoms with Crippen molar-refractivity contribution in [2.75, 3.05) is 6.54 Å². The first kappa shape index (κ1) is 20.2. The molecule has 1 atom stereocenters. The van der Waals surface area contributed by atoms with Gasteiger partial charge in [0.2, 0.25) is 0 Å². The topological polar surface area (TPSA) is 54.1 Å². The Bertz CT molecular complexity index is 796. The van der Waals surface area contributed by atoms with Gasteiger partial charge < -0.3 is 15.0 Å². The molecule has 4 nitrogen and oxygen atoms in total. The van der Waals surface area contributed by atoms with Crippen molar-refractivity contribution in [3.8, 4) is 5.75 Å². The number of unbranched alkanes of at least 4 members (excludes halogenated alkanes) is 1. The molecule has 1 saturated carbocycles. The van der Waals surface area contributed by atoms with Gasteiger partial charge in [-0.15, -0.1) is 0 Å². The van der Waals surface area contributed by atoms with Crippen molar-refractivity contribution in [3.05, 3.63) is 39.8 Å². The van der Waals surface area contributed by atoms with Crippen LogP contribution in [0.15, 0.2) is 29.2 Å². The first-order chi connectivity index (χ1) is 13.1. The van der Waals surface area contributed by atoms with Crippen molar-refractivity contribution < 1.29 is 4.74 Å². The number of fused-ring (bicyclic) bond motifs is 1. The average Bonchev–Trinajstić information content (AvgIpc) is 2.68. The van der Waals surface area contributed by atoms with Gasteiger partial charge in [-0.2, -0.15) is 0 Å². The van der Waals surface area contributed by atoms with E-state index in [4.69, 9.17) is 16.3 Å². The lowest BCUT2D eigenvalue weighted by Crippen LogP contribution is -2.39. The molecule has 27 heavy (non-hydrogen) atoms. The predicted octanol–water partition coefficient (Wildman–Crippen LogP) is 5.29. The normalized spacial score (nSPS) is 21.3. The van der Waals surface area contributed by atoms with E-state index in [9.17, 15) is 4.79 Å². The van der Waals surface area contributed by atoms with E-state index in [1.165, 1.54) is 32.1 Å². The van der Waals surface area contributed by atoms with Crippen LogP contribution < -0.4 is 15.6 Å². The van der Waals surface area contributed by atoms with Crippen LogP contribution in [0.3, 0.4) is 0 Å². The van der Waals surface area contributed by atoms with Crippen LogP contribution in [0, 0.1) is 5.92 Å². The van der Waals surface area contributed by atoms with Crippen LogP contribution in [0.4, 0.5) is 0 Å². The zero-order chi connectivity index (χ0) is 19.2. The summed E-state index contributed by atoms with van der Waals surface area (Å²) >= 11 is 6.38. The molecule has 1 aromatic heterocycles. The number of hydrogen-bond acceptors (Lipinski definition) is 3. The van der Waals surface area contributed by atoms with Gasteiger partial charge in [-0.25, -0.2) is 0 Å². The van der Waals surface area contributed by atoms with E-state index in [1.807, 2.05) is 12.1 Å². The summed E-state index contributed by atoms with van der Waals surface area (Å²) in [5.74, 6) is 1.42. The van der Waals surface area contributed by atoms with Gasteiger partial charge in [0, 0.05) is 17.6 Å². The van der Waals surface area contributed by atoms with Crippen LogP contribution in [0.2, 0.25) is 5.02 Å². The van der Waals surface area contributed by atoms with Crippen molar-refractivity contribution in [3.63, 3.8) is 0 Å². The Morgan fingerprint density at radius 1 is 1.26 bits per heavy atom. The fraction of sp³-hybridized carbons (Fsp3) is 0.591. The van der Waals surface area contributed by atoms with E-state index in [0.29, 0.717) is 22.2 Å². The van der Waals surface area contributed by atoms with Gasteiger partial charge in [0.1, 0.15) is 5.75 Å². The fourth-order valence-corrected chi connectivity index (χ4v) is 4.38. The summed E-state index contributed by atoms with van der Waals surface area (Å²) in [7, 11) is 0. The fourth-order valence-electron chi connectivity index (χ4n) is 4.18. The number of aromatic nitrogens is 1. The van der Waals surface area contributed by atoms with E-state index in [0.717, 1.165) is 30.7 Å². The van der Waals surface area contributed by atoms with Gasteiger partial charge in [0.05, 0.1) is 11.1 Å². The third-order valence-corrected chi connectivity index (χ3v) is 6.08. The Morgan fingerprint density at radius 3 is 2.74 bits per heavy atom. The number of benzene rings is 1. The Balaban J connectivity index is 1.60. The number of pyridine rings is 1. The lowest BCUT2D eigenvalue weighted by molar-refractivity contribution is 0.117. The van der Waals surface area contributed by atoms with Gasteiger partial charge in [-0.05, 0) is 74.6 Å². The molecule has 2 N–H and O–H groups in total. The molecule has 0 bridgehead atoms. The maximum absolute atomic E-state index is 11.9. The van der Waals surface area contributed by atoms with Crippen molar-refractivity contribution >= 4 is 22.4 Å². The minimum atomic E-state index is -0.123. The van der Waals surface area contributed by atoms with Gasteiger partial charge >= 0.3 is 0 Å². The van der Waals surface area contributed by atoms with Crippen LogP contribution in [0.5, 0.6) is 5.75 Å². The molecule has 148 valence electrons. The van der Waals surface area contributed by atoms with Crippen LogP contribution in [-0.4, -0.2) is 23.7 Å². The highest BCUT2D eigenvalue weighted by Crippen LogP contribution is 2.34. The van der Waals surface area contributed by atoms with Crippen molar-refractivity contribution in [2.24, 2.45) is 5.92 Å². The molecule has 1 aromatic carbocycles. The summed E-state index contributed by atoms with van der Waals surface area (Å²) in [4.78, 5) is 14.6. The summed E-state index contributed by atoms with van der Waals surface area (Å²) in [5.41, 5.74) is -0.123. The van der Waals surface area contributed by atoms with Gasteiger partial charge in [0.25, 0.3) is 5.56 Å². The monoisotopic (exact) mass is 390 g/mol. The molecule has 1 fully saturated rings. The average molecular weight is 391 g/mol. The molecule has 3 rings (SSSR count). The molecule has 0 spiro atoms. The highest BCUT2D eigenvalue weighted by Gasteiger charge is 2.27. The minimum absolute atomic E-state index is 0.123. The highest BCUT2D eigenvalue weighted by molar-refractivity contribution is 6.32. The zero-order valence-corrected chi connectivity index (χ0v) is 17.1. The summed E-state index contributed by atoms with van der Waals surface area (Å²) in [5, 5.41) is 5.71. The van der Waals surface area contributed by atoms with Gasteiger partial charge in [0.15, 0.2) is 0 Å². The van der Waals surface area contributed by atoms with Crippen LogP contribution in [0.1, 0.15) is 58.8 Å². The summed E-state index contributed by atoms with van der Waals surface area (Å²) in [6, 6.07) is 6.10. The summed E-state index contributed by atoms with van der Waals surface area (Å²) in [6.45, 7) is 5.64. The van der Waals surface area contributed by atoms with E-state index >= 15 is 0 Å². The smallest absolute Gasteiger partial charge is 0.255 e. The second-order valence-corrected chi connectivity index (χ2v) is 8.06. The highest BCUT2D eigenvalue weighted by atomic mass is 35.5. The Labute approximate surface area is 166 Å². The molecule has 0 amide bonds. The number of hydrogen-bond donors (Lipinski definition) is 2. The number of aromatic amines is 1. The Morgan fingerprint density at radius 2 is 2.04 bits per heavy atom. The minimum Gasteiger partial charge on any atom is -0.489 e. The second-order valence-electron chi connectivity index (χ2n) is 7.65. The Hall–Kier alpha value is -1.52. The van der Waals surface area contributed by atoms with Crippen molar-refractivity contribution in [1.29, 1.82) is 0 Å². The van der Waals surface area contributed by atoms with Gasteiger partial charge in [-0.1, -0.05) is 31.9 Å². The zero-order valence-electron chi connectivity index (χ0n) is 16.4. The summed E-state index contributed by atoms with van der Waals surface area (Å²) in [6.07, 6.45) is 10.0. The molecule has 0 saturated heterocycles. The number of halogens is 1. The van der Waals surface area contributed by atoms with E-state index in [-0.39, 0.29) is 11.7 Å². The van der Waals surface area contributed by atoms with Crippen LogP contribution >= 0.6 is 11.6 Å². The van der Waals surface area contributed by atoms with E-state index in [2.05, 4.69) is 24.1 Å². The summed E-state index contributed by atoms with van der Waals surface area (Å²) < 4.78 is 6.23. The third kappa shape index (κ3) is 5.05. The Kier molecular flexibility index (Phi) is 7.20. The quantitative estimate of drug-likeness (QED) is 0.602. The standard InChI is InChI=1S/C22H31ClN2O2/c1-3-5-11-24-20(4-2)15-6-8-17(9-7-15)27-21-13-16-10-12-25-22(26)18(16)14-19(21)23/h10,12-15,17,20,24H,3-9,11H2,1-2H3,(H,25,26). The van der Waals surface area contributed by atoms with Crippen molar-refractivity contribution in [1.82, 2.24) is 10.3 Å². The number of H-pyrrole nitrogens is 1. The molecule has 5 heteroatoms. The van der Waals surface area contributed by atoms with E-state index < -0.39 is 0 Å². The lowest BCUT2D eigenvalue weighted by Gasteiger charge is -2.34. The van der Waals surface area contributed by atoms with Crippen molar-refractivity contribution in [2.45, 2.75) is 70.9 Å². The maximum Gasteiger partial charge on any atom is 0.255 e. The molecular weight excluding hydrogens is 360 g/mol. The van der Waals surface area contributed by atoms with Crippen LogP contribution in [-0.2, 0) is 0 Å². The molecule has 1 unspecified atom stereocenters. The third-order valence-electron chi connectivity index (χ3n) is 5.78. The lowest BCUT2D eigenvalue weighted by atomic mass is 9.81. The first-order valence-electron chi connectivity index (χ1n) is 10.3. The molecule has 0 radical (unpaired) electrons. The van der Waals surface area contributed by atoms with Crippen LogP contribution in [0.25, 0.3) is 10.8 Å². The first-order valence-corrected chi connectivity index (χ1v) is 10.7. The number of rotatable bonds is 8. The van der Waals surface area contributed by atoms with E-state index in [1.54, 1.807) is 12.3 Å².